The number of amides is 7. The molecule has 4 N–H and O–H groups in total. The van der Waals surface area contributed by atoms with Gasteiger partial charge in [-0.05, 0) is 75.8 Å². The van der Waals surface area contributed by atoms with E-state index in [9.17, 15) is 46.7 Å². The number of nitrogens with one attached hydrogen (secondary N) is 4. The van der Waals surface area contributed by atoms with Gasteiger partial charge in [0, 0.05) is 37.7 Å². The van der Waals surface area contributed by atoms with Gasteiger partial charge in [-0.3, -0.25) is 24.0 Å². The first-order chi connectivity index (χ1) is 27.2. The molecule has 0 radical (unpaired) electrons. The summed E-state index contributed by atoms with van der Waals surface area (Å²) < 4.78 is 48.8. The number of urea groups is 1. The van der Waals surface area contributed by atoms with Crippen LogP contribution in [0.2, 0.25) is 0 Å². The van der Waals surface area contributed by atoms with E-state index in [2.05, 4.69) is 21.3 Å². The summed E-state index contributed by atoms with van der Waals surface area (Å²) in [5.74, 6) is -6.63. The third-order valence-corrected chi connectivity index (χ3v) is 10.7. The second kappa shape index (κ2) is 17.6. The molecule has 7 amide bonds. The summed E-state index contributed by atoms with van der Waals surface area (Å²) in [6.07, 6.45) is -0.331. The van der Waals surface area contributed by atoms with E-state index in [-0.39, 0.29) is 25.1 Å². The molecule has 0 spiro atoms. The fourth-order valence-corrected chi connectivity index (χ4v) is 7.86. The van der Waals surface area contributed by atoms with E-state index in [1.54, 1.807) is 24.3 Å². The molecule has 0 saturated carbocycles. The molecule has 15 nitrogen and oxygen atoms in total. The highest BCUT2D eigenvalue weighted by Gasteiger charge is 2.46. The average Bonchev–Trinajstić information content (AvgIpc) is 3.82. The lowest BCUT2D eigenvalue weighted by Crippen LogP contribution is -2.62. The second-order valence-electron chi connectivity index (χ2n) is 15.0. The average molecular weight is 798 g/mol. The normalized spacial score (nSPS) is 26.5. The number of carbonyl (C=O) groups excluding carboxylic acids is 7. The van der Waals surface area contributed by atoms with Crippen molar-refractivity contribution in [2.45, 2.75) is 101 Å². The van der Waals surface area contributed by atoms with Crippen LogP contribution in [0.3, 0.4) is 0 Å². The predicted octanol–water partition coefficient (Wildman–Crippen LogP) is 1.86. The number of nitrogens with zero attached hydrogens (tertiary/aromatic N) is 3. The van der Waals surface area contributed by atoms with Crippen LogP contribution in [-0.2, 0) is 39.9 Å². The minimum Gasteiger partial charge on any atom is -0.461 e. The number of ether oxygens (including phenoxy) is 1. The number of alkyl halides is 1. The minimum absolute atomic E-state index is 0.00893. The van der Waals surface area contributed by atoms with Crippen molar-refractivity contribution in [1.82, 2.24) is 30.7 Å². The molecule has 7 atom stereocenters. The fraction of sp³-hybridized carbons (Fsp3) is 0.513. The number of benzene rings is 2. The van der Waals surface area contributed by atoms with Gasteiger partial charge in [0.2, 0.25) is 29.5 Å². The number of carbonyl (C=O) groups is 7. The summed E-state index contributed by atoms with van der Waals surface area (Å²) in [5, 5.41) is 10.2. The Hall–Kier alpha value is -5.68. The summed E-state index contributed by atoms with van der Waals surface area (Å²) in [6, 6.07) is 0.617. The minimum atomic E-state index is -1.68. The zero-order chi connectivity index (χ0) is 41.0. The van der Waals surface area contributed by atoms with Gasteiger partial charge < -0.3 is 40.7 Å². The van der Waals surface area contributed by atoms with Crippen molar-refractivity contribution in [3.05, 3.63) is 65.2 Å². The van der Waals surface area contributed by atoms with Crippen molar-refractivity contribution >= 4 is 47.2 Å². The highest BCUT2D eigenvalue weighted by Crippen LogP contribution is 2.27. The van der Waals surface area contributed by atoms with E-state index in [4.69, 9.17) is 4.74 Å². The van der Waals surface area contributed by atoms with E-state index >= 15 is 0 Å². The molecule has 2 aromatic rings. The molecule has 0 bridgehead atoms. The number of anilines is 1. The summed E-state index contributed by atoms with van der Waals surface area (Å²) in [6.45, 7) is 2.27. The van der Waals surface area contributed by atoms with Crippen LogP contribution in [-0.4, -0.2) is 125 Å². The third-order valence-electron chi connectivity index (χ3n) is 10.7. The highest BCUT2D eigenvalue weighted by molar-refractivity contribution is 5.98. The van der Waals surface area contributed by atoms with Crippen molar-refractivity contribution in [2.75, 3.05) is 31.6 Å². The number of hydrogen-bond donors (Lipinski definition) is 4. The van der Waals surface area contributed by atoms with E-state index in [1.165, 1.54) is 16.7 Å². The number of aryl methyl sites for hydroxylation is 1. The van der Waals surface area contributed by atoms with E-state index in [0.29, 0.717) is 37.4 Å². The summed E-state index contributed by atoms with van der Waals surface area (Å²) in [5.41, 5.74) is 1.28. The van der Waals surface area contributed by atoms with Gasteiger partial charge in [-0.1, -0.05) is 17.7 Å². The van der Waals surface area contributed by atoms with Crippen molar-refractivity contribution in [3.63, 3.8) is 0 Å². The molecule has 6 rings (SSSR count). The molecule has 306 valence electrons. The molecule has 4 aliphatic heterocycles. The Kier molecular flexibility index (Phi) is 12.7. The molecule has 0 unspecified atom stereocenters. The SMILES string of the molecule is Cc1ccc(NC(=O)N[C@@H](Cc2cc(F)cc(F)c2)C(=O)N[C@H]2COC(=O)[C@@H]3C[C@H](F)CN3C(=O)[C@H](C)NC(=O)[C@@H]3CCCCN3C(=O)[C@@H]3CCCN3C2=O)cc1. The van der Waals surface area contributed by atoms with Gasteiger partial charge in [-0.15, -0.1) is 0 Å². The van der Waals surface area contributed by atoms with Crippen molar-refractivity contribution < 1.29 is 51.5 Å². The Morgan fingerprint density at radius 3 is 2.25 bits per heavy atom. The van der Waals surface area contributed by atoms with Crippen molar-refractivity contribution in [1.29, 1.82) is 0 Å². The maximum absolute atomic E-state index is 14.8. The van der Waals surface area contributed by atoms with Gasteiger partial charge in [-0.2, -0.15) is 0 Å². The zero-order valence-electron chi connectivity index (χ0n) is 31.6. The number of rotatable bonds is 6. The number of fused-ring (bicyclic) bond motifs is 3. The van der Waals surface area contributed by atoms with Gasteiger partial charge >= 0.3 is 12.0 Å². The topological polar surface area (TPSA) is 187 Å². The Labute approximate surface area is 327 Å². The first-order valence-corrected chi connectivity index (χ1v) is 19.1. The molecule has 4 heterocycles. The number of esters is 1. The number of piperidine rings is 1. The van der Waals surface area contributed by atoms with Crippen LogP contribution in [0.15, 0.2) is 42.5 Å². The van der Waals surface area contributed by atoms with E-state index in [0.717, 1.165) is 22.6 Å². The molecule has 4 fully saturated rings. The maximum atomic E-state index is 14.8. The molecule has 2 aromatic carbocycles. The lowest BCUT2D eigenvalue weighted by atomic mass is 9.99. The quantitative estimate of drug-likeness (QED) is 0.319. The Morgan fingerprint density at radius 1 is 0.860 bits per heavy atom. The van der Waals surface area contributed by atoms with Gasteiger partial charge in [0.1, 0.15) is 60.7 Å². The number of halogens is 3. The molecule has 4 aliphatic rings. The molecule has 0 aromatic heterocycles. The Morgan fingerprint density at radius 2 is 1.53 bits per heavy atom. The molecule has 18 heteroatoms. The standard InChI is InChI=1S/C39H46F3N7O8/c1-21-8-10-27(11-9-21)44-39(56)46-28(16-23-14-24(40)17-25(41)15-23)33(50)45-29-20-57-38(55)32-18-26(42)19-49(32)35(52)22(2)43-34(51)30-6-3-4-12-47(30)37(54)31-7-5-13-48(31)36(29)53/h8-11,14-15,17,22,26,28-32H,3-7,12-13,16,18-20H2,1-2H3,(H,43,51)(H,45,50)(H2,44,46,56)/t22-,26-,28-,29-,30-,31-,32-/m0/s1. The summed E-state index contributed by atoms with van der Waals surface area (Å²) in [4.78, 5) is 100. The first-order valence-electron chi connectivity index (χ1n) is 19.1. The van der Waals surface area contributed by atoms with Gasteiger partial charge in [0.05, 0.1) is 6.54 Å². The Balaban J connectivity index is 1.31. The maximum Gasteiger partial charge on any atom is 0.329 e. The largest absolute Gasteiger partial charge is 0.461 e. The van der Waals surface area contributed by atoms with Crippen molar-refractivity contribution in [3.8, 4) is 0 Å². The molecule has 0 aliphatic carbocycles. The van der Waals surface area contributed by atoms with Crippen LogP contribution >= 0.6 is 0 Å². The predicted molar refractivity (Wildman–Crippen MR) is 197 cm³/mol. The van der Waals surface area contributed by atoms with Crippen LogP contribution in [0.1, 0.15) is 56.6 Å². The fourth-order valence-electron chi connectivity index (χ4n) is 7.86. The van der Waals surface area contributed by atoms with Crippen LogP contribution in [0, 0.1) is 18.6 Å². The molecule has 57 heavy (non-hydrogen) atoms. The van der Waals surface area contributed by atoms with Gasteiger partial charge in [0.15, 0.2) is 0 Å². The molecule has 4 saturated heterocycles. The molecular formula is C39H46F3N7O8. The van der Waals surface area contributed by atoms with Crippen LogP contribution in [0.4, 0.5) is 23.7 Å². The van der Waals surface area contributed by atoms with Crippen LogP contribution in [0.5, 0.6) is 0 Å². The monoisotopic (exact) mass is 797 g/mol. The van der Waals surface area contributed by atoms with Gasteiger partial charge in [0.25, 0.3) is 0 Å². The van der Waals surface area contributed by atoms with Crippen molar-refractivity contribution in [2.24, 2.45) is 0 Å². The lowest BCUT2D eigenvalue weighted by Gasteiger charge is -2.39. The smallest absolute Gasteiger partial charge is 0.329 e. The first kappa shape index (κ1) is 41.0. The van der Waals surface area contributed by atoms with Crippen LogP contribution in [0.25, 0.3) is 0 Å². The van der Waals surface area contributed by atoms with Crippen LogP contribution < -0.4 is 21.3 Å². The Bertz CT molecular complexity index is 1880. The number of hydrogen-bond acceptors (Lipinski definition) is 8. The van der Waals surface area contributed by atoms with E-state index < -0.39 is 122 Å². The van der Waals surface area contributed by atoms with E-state index in [1.807, 2.05) is 6.92 Å². The lowest BCUT2D eigenvalue weighted by molar-refractivity contribution is -0.158. The zero-order valence-corrected chi connectivity index (χ0v) is 31.6. The third kappa shape index (κ3) is 9.65. The number of cyclic esters (lactones) is 1. The highest BCUT2D eigenvalue weighted by atomic mass is 19.1. The summed E-state index contributed by atoms with van der Waals surface area (Å²) >= 11 is 0. The second-order valence-corrected chi connectivity index (χ2v) is 15.0. The van der Waals surface area contributed by atoms with Gasteiger partial charge in [-0.25, -0.2) is 22.8 Å². The summed E-state index contributed by atoms with van der Waals surface area (Å²) in [7, 11) is 0. The molecular weight excluding hydrogens is 751 g/mol.